The second-order valence-corrected chi connectivity index (χ2v) is 5.74. The van der Waals surface area contributed by atoms with Crippen LogP contribution in [0.1, 0.15) is 66.2 Å². The van der Waals surface area contributed by atoms with Gasteiger partial charge in [-0.1, -0.05) is 26.7 Å². The number of hydrogen-bond donors (Lipinski definition) is 2. The third-order valence-corrected chi connectivity index (χ3v) is 4.35. The quantitative estimate of drug-likeness (QED) is 0.733. The maximum atomic E-state index is 12.0. The number of nitrogens with one attached hydrogen (secondary N) is 2. The van der Waals surface area contributed by atoms with Crippen LogP contribution in [0.5, 0.6) is 0 Å². The maximum Gasteiger partial charge on any atom is 0.237 e. The molecule has 2 N–H and O–H groups in total. The molecule has 0 aromatic heterocycles. The summed E-state index contributed by atoms with van der Waals surface area (Å²) in [6, 6.07) is 0.694. The van der Waals surface area contributed by atoms with Crippen LogP contribution >= 0.6 is 0 Å². The lowest BCUT2D eigenvalue weighted by Gasteiger charge is -2.25. The lowest BCUT2D eigenvalue weighted by molar-refractivity contribution is -0.123. The van der Waals surface area contributed by atoms with Crippen LogP contribution < -0.4 is 10.6 Å². The summed E-state index contributed by atoms with van der Waals surface area (Å²) in [5.74, 6) is 0.905. The molecule has 3 nitrogen and oxygen atoms in total. The van der Waals surface area contributed by atoms with Gasteiger partial charge in [0.15, 0.2) is 0 Å². The van der Waals surface area contributed by atoms with E-state index in [1.54, 1.807) is 0 Å². The van der Waals surface area contributed by atoms with E-state index in [4.69, 9.17) is 0 Å². The van der Waals surface area contributed by atoms with Crippen LogP contribution in [0.15, 0.2) is 0 Å². The summed E-state index contributed by atoms with van der Waals surface area (Å²) >= 11 is 0. The number of carbonyl (C=O) groups excluding carboxylic acids is 1. The summed E-state index contributed by atoms with van der Waals surface area (Å²) in [6.07, 6.45) is 7.35. The number of rotatable bonds is 7. The molecule has 1 fully saturated rings. The first-order valence-corrected chi connectivity index (χ1v) is 7.64. The fraction of sp³-hybridized carbons (Fsp3) is 0.933. The monoisotopic (exact) mass is 254 g/mol. The summed E-state index contributed by atoms with van der Waals surface area (Å²) in [7, 11) is 0. The SMILES string of the molecule is CCC(CC)NC(=O)C(C)N[C@H](C)C1CCCC1. The molecular weight excluding hydrogens is 224 g/mol. The van der Waals surface area contributed by atoms with Gasteiger partial charge in [0.05, 0.1) is 6.04 Å². The first-order valence-electron chi connectivity index (χ1n) is 7.64. The Kier molecular flexibility index (Phi) is 6.69. The summed E-state index contributed by atoms with van der Waals surface area (Å²) in [6.45, 7) is 8.43. The largest absolute Gasteiger partial charge is 0.352 e. The first-order chi connectivity index (χ1) is 8.58. The van der Waals surface area contributed by atoms with Gasteiger partial charge >= 0.3 is 0 Å². The third-order valence-electron chi connectivity index (χ3n) is 4.35. The Morgan fingerprint density at radius 1 is 1.17 bits per heavy atom. The van der Waals surface area contributed by atoms with Gasteiger partial charge in [0.2, 0.25) is 5.91 Å². The van der Waals surface area contributed by atoms with Gasteiger partial charge in [-0.2, -0.15) is 0 Å². The van der Waals surface area contributed by atoms with Crippen molar-refractivity contribution in [3.63, 3.8) is 0 Å². The first kappa shape index (κ1) is 15.5. The molecule has 0 bridgehead atoms. The summed E-state index contributed by atoms with van der Waals surface area (Å²) in [4.78, 5) is 12.0. The van der Waals surface area contributed by atoms with Crippen LogP contribution in [0.2, 0.25) is 0 Å². The van der Waals surface area contributed by atoms with Gasteiger partial charge in [-0.25, -0.2) is 0 Å². The third kappa shape index (κ3) is 4.60. The molecule has 3 heteroatoms. The minimum absolute atomic E-state index is 0.0822. The molecule has 0 heterocycles. The standard InChI is InChI=1S/C15H30N2O/c1-5-14(6-2)17-15(18)12(4)16-11(3)13-9-7-8-10-13/h11-14,16H,5-10H2,1-4H3,(H,17,18)/t11-,12?/m1/s1. The Balaban J connectivity index is 2.34. The molecule has 106 valence electrons. The molecule has 0 spiro atoms. The predicted molar refractivity (Wildman–Crippen MR) is 76.5 cm³/mol. The van der Waals surface area contributed by atoms with Crippen molar-refractivity contribution in [3.05, 3.63) is 0 Å². The topological polar surface area (TPSA) is 41.1 Å². The van der Waals surface area contributed by atoms with Gasteiger partial charge < -0.3 is 10.6 Å². The van der Waals surface area contributed by atoms with Crippen LogP contribution in [0, 0.1) is 5.92 Å². The highest BCUT2D eigenvalue weighted by Crippen LogP contribution is 2.27. The van der Waals surface area contributed by atoms with E-state index in [9.17, 15) is 4.79 Å². The molecule has 1 aliphatic rings. The molecule has 1 amide bonds. The Morgan fingerprint density at radius 2 is 1.72 bits per heavy atom. The summed E-state index contributed by atoms with van der Waals surface area (Å²) in [5.41, 5.74) is 0. The Hall–Kier alpha value is -0.570. The zero-order valence-corrected chi connectivity index (χ0v) is 12.5. The Bertz CT molecular complexity index is 245. The molecule has 1 aliphatic carbocycles. The Labute approximate surface area is 112 Å². The molecule has 1 unspecified atom stereocenters. The van der Waals surface area contributed by atoms with Gasteiger partial charge in [-0.15, -0.1) is 0 Å². The van der Waals surface area contributed by atoms with Crippen molar-refractivity contribution in [2.24, 2.45) is 5.92 Å². The molecule has 2 atom stereocenters. The normalized spacial score (nSPS) is 20.1. The van der Waals surface area contributed by atoms with Gasteiger partial charge in [0, 0.05) is 12.1 Å². The van der Waals surface area contributed by atoms with Crippen molar-refractivity contribution >= 4 is 5.91 Å². The molecule has 0 saturated heterocycles. The molecular formula is C15H30N2O. The fourth-order valence-electron chi connectivity index (χ4n) is 2.88. The number of amides is 1. The molecule has 0 aromatic carbocycles. The highest BCUT2D eigenvalue weighted by Gasteiger charge is 2.24. The summed E-state index contributed by atoms with van der Waals surface area (Å²) in [5, 5.41) is 6.57. The second-order valence-electron chi connectivity index (χ2n) is 5.74. The Morgan fingerprint density at radius 3 is 2.22 bits per heavy atom. The average molecular weight is 254 g/mol. The molecule has 0 radical (unpaired) electrons. The minimum atomic E-state index is -0.0822. The average Bonchev–Trinajstić information content (AvgIpc) is 2.89. The zero-order chi connectivity index (χ0) is 13.5. The van der Waals surface area contributed by atoms with Crippen molar-refractivity contribution in [2.45, 2.75) is 84.3 Å². The van der Waals surface area contributed by atoms with Crippen LogP contribution in [0.3, 0.4) is 0 Å². The van der Waals surface area contributed by atoms with E-state index in [0.29, 0.717) is 12.1 Å². The highest BCUT2D eigenvalue weighted by molar-refractivity contribution is 5.81. The van der Waals surface area contributed by atoms with E-state index in [2.05, 4.69) is 31.4 Å². The second kappa shape index (κ2) is 7.78. The number of hydrogen-bond acceptors (Lipinski definition) is 2. The molecule has 1 saturated carbocycles. The van der Waals surface area contributed by atoms with Gasteiger partial charge in [0.25, 0.3) is 0 Å². The van der Waals surface area contributed by atoms with Crippen LogP contribution in [0.25, 0.3) is 0 Å². The van der Waals surface area contributed by atoms with E-state index < -0.39 is 0 Å². The molecule has 18 heavy (non-hydrogen) atoms. The van der Waals surface area contributed by atoms with E-state index in [-0.39, 0.29) is 11.9 Å². The van der Waals surface area contributed by atoms with Gasteiger partial charge in [-0.05, 0) is 45.4 Å². The maximum absolute atomic E-state index is 12.0. The fourth-order valence-corrected chi connectivity index (χ4v) is 2.88. The predicted octanol–water partition coefficient (Wildman–Crippen LogP) is 2.85. The summed E-state index contributed by atoms with van der Waals surface area (Å²) < 4.78 is 0. The van der Waals surface area contributed by atoms with Crippen LogP contribution in [0.4, 0.5) is 0 Å². The molecule has 0 aromatic rings. The van der Waals surface area contributed by atoms with Crippen molar-refractivity contribution in [2.75, 3.05) is 0 Å². The lowest BCUT2D eigenvalue weighted by atomic mass is 9.99. The van der Waals surface area contributed by atoms with Crippen molar-refractivity contribution in [1.82, 2.24) is 10.6 Å². The van der Waals surface area contributed by atoms with E-state index in [1.807, 2.05) is 6.92 Å². The highest BCUT2D eigenvalue weighted by atomic mass is 16.2. The van der Waals surface area contributed by atoms with Gasteiger partial charge in [-0.3, -0.25) is 4.79 Å². The van der Waals surface area contributed by atoms with Crippen molar-refractivity contribution in [3.8, 4) is 0 Å². The van der Waals surface area contributed by atoms with Crippen LogP contribution in [-0.2, 0) is 4.79 Å². The van der Waals surface area contributed by atoms with E-state index in [0.717, 1.165) is 18.8 Å². The zero-order valence-electron chi connectivity index (χ0n) is 12.5. The van der Waals surface area contributed by atoms with Gasteiger partial charge in [0.1, 0.15) is 0 Å². The van der Waals surface area contributed by atoms with Crippen molar-refractivity contribution < 1.29 is 4.79 Å². The van der Waals surface area contributed by atoms with Crippen LogP contribution in [-0.4, -0.2) is 24.0 Å². The lowest BCUT2D eigenvalue weighted by Crippen LogP contribution is -2.49. The molecule has 1 rings (SSSR count). The van der Waals surface area contributed by atoms with E-state index >= 15 is 0 Å². The van der Waals surface area contributed by atoms with E-state index in [1.165, 1.54) is 25.7 Å². The number of carbonyl (C=O) groups is 1. The smallest absolute Gasteiger partial charge is 0.237 e. The molecule has 0 aliphatic heterocycles. The minimum Gasteiger partial charge on any atom is -0.352 e. The van der Waals surface area contributed by atoms with Crippen molar-refractivity contribution in [1.29, 1.82) is 0 Å².